The Morgan fingerprint density at radius 3 is 2.62 bits per heavy atom. The third kappa shape index (κ3) is 4.16. The van der Waals surface area contributed by atoms with Crippen LogP contribution in [0.25, 0.3) is 22.2 Å². The zero-order valence-electron chi connectivity index (χ0n) is 17.6. The van der Waals surface area contributed by atoms with Crippen molar-refractivity contribution in [1.29, 1.82) is 0 Å². The molecular weight excluding hydrogens is 406 g/mol. The van der Waals surface area contributed by atoms with E-state index in [4.69, 9.17) is 4.52 Å². The minimum absolute atomic E-state index is 0.0532. The number of hydrogen-bond donors (Lipinski definition) is 0. The number of rotatable bonds is 5. The summed E-state index contributed by atoms with van der Waals surface area (Å²) in [5.41, 5.74) is 2.94. The number of pyridine rings is 1. The van der Waals surface area contributed by atoms with Crippen LogP contribution in [0.5, 0.6) is 0 Å². The summed E-state index contributed by atoms with van der Waals surface area (Å²) >= 11 is 0. The van der Waals surface area contributed by atoms with Crippen LogP contribution in [0, 0.1) is 5.92 Å². The second-order valence-corrected chi connectivity index (χ2v) is 8.10. The van der Waals surface area contributed by atoms with E-state index in [0.29, 0.717) is 36.8 Å². The van der Waals surface area contributed by atoms with Crippen LogP contribution in [-0.2, 0) is 17.8 Å². The van der Waals surface area contributed by atoms with Crippen LogP contribution < -0.4 is 5.56 Å². The Balaban J connectivity index is 1.21. The smallest absolute Gasteiger partial charge is 0.266 e. The molecule has 0 saturated carbocycles. The van der Waals surface area contributed by atoms with Crippen LogP contribution in [0.2, 0.25) is 0 Å². The molecule has 1 saturated heterocycles. The summed E-state index contributed by atoms with van der Waals surface area (Å²) in [4.78, 5) is 31.0. The van der Waals surface area contributed by atoms with Crippen LogP contribution in [-0.4, -0.2) is 43.8 Å². The lowest BCUT2D eigenvalue weighted by molar-refractivity contribution is -0.132. The van der Waals surface area contributed by atoms with E-state index < -0.39 is 0 Å². The van der Waals surface area contributed by atoms with E-state index in [1.165, 1.54) is 0 Å². The van der Waals surface area contributed by atoms with E-state index in [1.54, 1.807) is 29.2 Å². The van der Waals surface area contributed by atoms with Crippen molar-refractivity contribution in [3.63, 3.8) is 0 Å². The molecule has 1 aliphatic heterocycles. The number of hydrogen-bond acceptors (Lipinski definition) is 6. The number of benzene rings is 1. The second-order valence-electron chi connectivity index (χ2n) is 8.10. The maximum absolute atomic E-state index is 12.8. The number of likely N-dealkylation sites (tertiary alicyclic amines) is 1. The molecule has 8 nitrogen and oxygen atoms in total. The molecule has 0 atom stereocenters. The van der Waals surface area contributed by atoms with E-state index in [9.17, 15) is 9.59 Å². The van der Waals surface area contributed by atoms with Gasteiger partial charge in [0.2, 0.25) is 5.91 Å². The van der Waals surface area contributed by atoms with Crippen molar-refractivity contribution in [3.05, 3.63) is 77.0 Å². The summed E-state index contributed by atoms with van der Waals surface area (Å²) < 4.78 is 6.85. The molecule has 1 fully saturated rings. The zero-order valence-corrected chi connectivity index (χ0v) is 17.6. The summed E-state index contributed by atoms with van der Waals surface area (Å²) in [7, 11) is 0. The third-order valence-electron chi connectivity index (χ3n) is 6.01. The van der Waals surface area contributed by atoms with Crippen molar-refractivity contribution >= 4 is 16.9 Å². The minimum Gasteiger partial charge on any atom is -0.356 e. The molecule has 0 radical (unpaired) electrons. The lowest BCUT2D eigenvalue weighted by atomic mass is 9.96. The molecule has 1 amide bonds. The SMILES string of the molecule is O=C(Cc1noc2ccccc12)N1CCC(Cn2nc(-c3ccncc3)ccc2=O)CC1. The topological polar surface area (TPSA) is 94.1 Å². The first-order chi connectivity index (χ1) is 15.7. The summed E-state index contributed by atoms with van der Waals surface area (Å²) in [6, 6.07) is 14.6. The van der Waals surface area contributed by atoms with Gasteiger partial charge in [-0.2, -0.15) is 5.10 Å². The lowest BCUT2D eigenvalue weighted by Crippen LogP contribution is -2.41. The summed E-state index contributed by atoms with van der Waals surface area (Å²) in [5, 5.41) is 9.50. The maximum atomic E-state index is 12.8. The van der Waals surface area contributed by atoms with Gasteiger partial charge in [0.05, 0.1) is 12.1 Å². The van der Waals surface area contributed by atoms with Crippen molar-refractivity contribution in [2.24, 2.45) is 5.92 Å². The highest BCUT2D eigenvalue weighted by atomic mass is 16.5. The predicted molar refractivity (Wildman–Crippen MR) is 119 cm³/mol. The summed E-state index contributed by atoms with van der Waals surface area (Å²) in [6.45, 7) is 1.88. The molecular formula is C24H23N5O3. The molecule has 162 valence electrons. The average molecular weight is 429 g/mol. The second kappa shape index (κ2) is 8.74. The number of aromatic nitrogens is 4. The van der Waals surface area contributed by atoms with Crippen molar-refractivity contribution in [3.8, 4) is 11.3 Å². The van der Waals surface area contributed by atoms with Gasteiger partial charge in [-0.3, -0.25) is 14.6 Å². The quantitative estimate of drug-likeness (QED) is 0.484. The van der Waals surface area contributed by atoms with Crippen LogP contribution in [0.4, 0.5) is 0 Å². The van der Waals surface area contributed by atoms with Crippen molar-refractivity contribution in [2.45, 2.75) is 25.8 Å². The first-order valence-corrected chi connectivity index (χ1v) is 10.8. The van der Waals surface area contributed by atoms with Gasteiger partial charge >= 0.3 is 0 Å². The predicted octanol–water partition coefficient (Wildman–Crippen LogP) is 2.93. The molecule has 5 rings (SSSR count). The van der Waals surface area contributed by atoms with Crippen molar-refractivity contribution in [1.82, 2.24) is 24.8 Å². The van der Waals surface area contributed by atoms with Crippen molar-refractivity contribution in [2.75, 3.05) is 13.1 Å². The van der Waals surface area contributed by atoms with Gasteiger partial charge in [0.1, 0.15) is 5.69 Å². The van der Waals surface area contributed by atoms with Gasteiger partial charge in [-0.25, -0.2) is 4.68 Å². The largest absolute Gasteiger partial charge is 0.356 e. The van der Waals surface area contributed by atoms with Gasteiger partial charge in [0.25, 0.3) is 5.56 Å². The van der Waals surface area contributed by atoms with E-state index in [1.807, 2.05) is 41.3 Å². The van der Waals surface area contributed by atoms with Gasteiger partial charge in [-0.15, -0.1) is 0 Å². The fourth-order valence-corrected chi connectivity index (χ4v) is 4.19. The Kier molecular flexibility index (Phi) is 5.49. The minimum atomic E-state index is -0.112. The molecule has 32 heavy (non-hydrogen) atoms. The van der Waals surface area contributed by atoms with Crippen LogP contribution in [0.1, 0.15) is 18.5 Å². The molecule has 8 heteroatoms. The fraction of sp³-hybridized carbons (Fsp3) is 0.292. The van der Waals surface area contributed by atoms with Gasteiger partial charge < -0.3 is 9.42 Å². The van der Waals surface area contributed by atoms with Crippen LogP contribution in [0.15, 0.2) is 70.2 Å². The molecule has 0 aliphatic carbocycles. The number of amides is 1. The Labute approximate surface area is 184 Å². The number of piperidine rings is 1. The van der Waals surface area contributed by atoms with Gasteiger partial charge in [0, 0.05) is 49.0 Å². The highest BCUT2D eigenvalue weighted by Crippen LogP contribution is 2.22. The number of nitrogens with zero attached hydrogens (tertiary/aromatic N) is 5. The van der Waals surface area contributed by atoms with Gasteiger partial charge in [0.15, 0.2) is 5.58 Å². The van der Waals surface area contributed by atoms with E-state index in [-0.39, 0.29) is 17.9 Å². The Bertz CT molecular complexity index is 1290. The molecule has 1 aliphatic rings. The molecule has 0 unspecified atom stereocenters. The lowest BCUT2D eigenvalue weighted by Gasteiger charge is -2.32. The highest BCUT2D eigenvalue weighted by Gasteiger charge is 2.25. The third-order valence-corrected chi connectivity index (χ3v) is 6.01. The molecule has 4 heterocycles. The molecule has 0 bridgehead atoms. The monoisotopic (exact) mass is 429 g/mol. The van der Waals surface area contributed by atoms with E-state index >= 15 is 0 Å². The van der Waals surface area contributed by atoms with Crippen LogP contribution >= 0.6 is 0 Å². The highest BCUT2D eigenvalue weighted by molar-refractivity contribution is 5.86. The first kappa shape index (κ1) is 20.1. The first-order valence-electron chi connectivity index (χ1n) is 10.8. The average Bonchev–Trinajstić information content (AvgIpc) is 3.24. The number of fused-ring (bicyclic) bond motifs is 1. The Morgan fingerprint density at radius 1 is 1.03 bits per heavy atom. The number of para-hydroxylation sites is 1. The van der Waals surface area contributed by atoms with E-state index in [0.717, 1.165) is 29.5 Å². The molecule has 3 aromatic heterocycles. The van der Waals surface area contributed by atoms with Crippen LogP contribution in [0.3, 0.4) is 0 Å². The van der Waals surface area contributed by atoms with Gasteiger partial charge in [-0.1, -0.05) is 17.3 Å². The standard InChI is InChI=1S/C24H23N5O3/c30-23-6-5-20(18-7-11-25-12-8-18)26-29(23)16-17-9-13-28(14-10-17)24(31)15-21-19-3-1-2-4-22(19)32-27-21/h1-8,11-12,17H,9-10,13-16H2. The van der Waals surface area contributed by atoms with Gasteiger partial charge in [-0.05, 0) is 49.1 Å². The number of carbonyl (C=O) groups excluding carboxylic acids is 1. The molecule has 1 aromatic carbocycles. The normalized spacial score (nSPS) is 14.7. The molecule has 0 N–H and O–H groups in total. The maximum Gasteiger partial charge on any atom is 0.266 e. The Hall–Kier alpha value is -3.81. The summed E-state index contributed by atoms with van der Waals surface area (Å²) in [5.74, 6) is 0.349. The molecule has 4 aromatic rings. The Morgan fingerprint density at radius 2 is 1.81 bits per heavy atom. The summed E-state index contributed by atoms with van der Waals surface area (Å²) in [6.07, 6.45) is 5.32. The van der Waals surface area contributed by atoms with E-state index in [2.05, 4.69) is 15.2 Å². The van der Waals surface area contributed by atoms with Crippen molar-refractivity contribution < 1.29 is 9.32 Å². The fourth-order valence-electron chi connectivity index (χ4n) is 4.19. The zero-order chi connectivity index (χ0) is 21.9. The molecule has 0 spiro atoms. The number of carbonyl (C=O) groups is 1.